The van der Waals surface area contributed by atoms with Crippen molar-refractivity contribution < 1.29 is 5.11 Å². The number of benzene rings is 1. The van der Waals surface area contributed by atoms with E-state index in [1.165, 1.54) is 0 Å². The van der Waals surface area contributed by atoms with Gasteiger partial charge in [0, 0.05) is 30.0 Å². The Balaban J connectivity index is 1.88. The van der Waals surface area contributed by atoms with Crippen molar-refractivity contribution in [3.8, 4) is 0 Å². The van der Waals surface area contributed by atoms with Crippen LogP contribution in [0.15, 0.2) is 35.1 Å². The summed E-state index contributed by atoms with van der Waals surface area (Å²) >= 11 is 3.60. The predicted octanol–water partition coefficient (Wildman–Crippen LogP) is 2.72. The molecule has 4 nitrogen and oxygen atoms in total. The minimum Gasteiger partial charge on any atom is -0.389 e. The van der Waals surface area contributed by atoms with E-state index >= 15 is 0 Å². The fourth-order valence-corrected chi connectivity index (χ4v) is 3.07. The molecule has 0 saturated heterocycles. The molecule has 1 aromatic heterocycles. The molecule has 1 atom stereocenters. The quantitative estimate of drug-likeness (QED) is 0.924. The zero-order chi connectivity index (χ0) is 13.4. The number of aliphatic hydroxyl groups is 1. The van der Waals surface area contributed by atoms with Crippen LogP contribution in [0.5, 0.6) is 0 Å². The van der Waals surface area contributed by atoms with Gasteiger partial charge in [0.2, 0.25) is 0 Å². The van der Waals surface area contributed by atoms with Crippen LogP contribution in [0.3, 0.4) is 0 Å². The Morgan fingerprint density at radius 3 is 2.95 bits per heavy atom. The number of aliphatic hydroxyl groups excluding tert-OH is 1. The summed E-state index contributed by atoms with van der Waals surface area (Å²) in [5.74, 6) is 1.10. The smallest absolute Gasteiger partial charge is 0.128 e. The molecule has 0 amide bonds. The van der Waals surface area contributed by atoms with Crippen LogP contribution in [0.4, 0.5) is 5.69 Å². The van der Waals surface area contributed by atoms with Gasteiger partial charge in [0.15, 0.2) is 0 Å². The van der Waals surface area contributed by atoms with Gasteiger partial charge in [-0.05, 0) is 40.5 Å². The van der Waals surface area contributed by atoms with E-state index in [4.69, 9.17) is 0 Å². The fraction of sp³-hybridized carbons (Fsp3) is 0.357. The Bertz CT molecular complexity index is 594. The van der Waals surface area contributed by atoms with Crippen molar-refractivity contribution in [1.29, 1.82) is 0 Å². The fourth-order valence-electron chi connectivity index (χ4n) is 2.42. The van der Waals surface area contributed by atoms with E-state index in [1.54, 1.807) is 6.92 Å². The molecule has 0 fully saturated rings. The molecule has 19 heavy (non-hydrogen) atoms. The van der Waals surface area contributed by atoms with Crippen LogP contribution in [0.25, 0.3) is 0 Å². The highest BCUT2D eigenvalue weighted by molar-refractivity contribution is 9.10. The average Bonchev–Trinajstić information content (AvgIpc) is 2.85. The zero-order valence-corrected chi connectivity index (χ0v) is 12.3. The van der Waals surface area contributed by atoms with Crippen LogP contribution in [0, 0.1) is 0 Å². The van der Waals surface area contributed by atoms with Crippen molar-refractivity contribution in [3.63, 3.8) is 0 Å². The molecule has 5 heteroatoms. The Morgan fingerprint density at radius 2 is 2.21 bits per heavy atom. The molecule has 3 rings (SSSR count). The maximum atomic E-state index is 9.60. The number of hydrogen-bond acceptors (Lipinski definition) is 3. The summed E-state index contributed by atoms with van der Waals surface area (Å²) in [7, 11) is 0. The molecule has 0 spiro atoms. The largest absolute Gasteiger partial charge is 0.389 e. The molecule has 0 radical (unpaired) electrons. The molecule has 0 saturated carbocycles. The van der Waals surface area contributed by atoms with Crippen molar-refractivity contribution in [2.24, 2.45) is 0 Å². The maximum Gasteiger partial charge on any atom is 0.128 e. The highest BCUT2D eigenvalue weighted by Gasteiger charge is 2.19. The Hall–Kier alpha value is -1.33. The van der Waals surface area contributed by atoms with Crippen LogP contribution in [0.2, 0.25) is 0 Å². The van der Waals surface area contributed by atoms with Gasteiger partial charge in [0.05, 0.1) is 18.3 Å². The number of rotatable bonds is 2. The number of imidazole rings is 1. The molecule has 1 aliphatic heterocycles. The van der Waals surface area contributed by atoms with Gasteiger partial charge in [0.25, 0.3) is 0 Å². The summed E-state index contributed by atoms with van der Waals surface area (Å²) in [5.41, 5.74) is 2.08. The molecular formula is C14H16BrN3O. The van der Waals surface area contributed by atoms with E-state index in [0.29, 0.717) is 0 Å². The van der Waals surface area contributed by atoms with Gasteiger partial charge >= 0.3 is 0 Å². The van der Waals surface area contributed by atoms with E-state index < -0.39 is 6.10 Å². The molecule has 0 aliphatic carbocycles. The molecular weight excluding hydrogens is 306 g/mol. The number of halogens is 1. The summed E-state index contributed by atoms with van der Waals surface area (Å²) in [6, 6.07) is 6.03. The van der Waals surface area contributed by atoms with Gasteiger partial charge in [-0.3, -0.25) is 0 Å². The van der Waals surface area contributed by atoms with Crippen molar-refractivity contribution in [2.75, 3.05) is 11.4 Å². The first kappa shape index (κ1) is 12.7. The van der Waals surface area contributed by atoms with Crippen molar-refractivity contribution in [2.45, 2.75) is 26.1 Å². The highest BCUT2D eigenvalue weighted by atomic mass is 79.9. The summed E-state index contributed by atoms with van der Waals surface area (Å²) < 4.78 is 3.21. The molecule has 0 unspecified atom stereocenters. The van der Waals surface area contributed by atoms with Crippen LogP contribution < -0.4 is 4.90 Å². The van der Waals surface area contributed by atoms with E-state index in [1.807, 2.05) is 24.5 Å². The number of nitrogens with zero attached hydrogens (tertiary/aromatic N) is 3. The zero-order valence-electron chi connectivity index (χ0n) is 10.8. The number of aromatic nitrogens is 2. The third-order valence-corrected chi connectivity index (χ3v) is 4.17. The average molecular weight is 322 g/mol. The van der Waals surface area contributed by atoms with E-state index in [9.17, 15) is 5.11 Å². The second kappa shape index (κ2) is 4.98. The van der Waals surface area contributed by atoms with Crippen molar-refractivity contribution in [1.82, 2.24) is 9.55 Å². The number of fused-ring (bicyclic) bond motifs is 1. The van der Waals surface area contributed by atoms with Crippen LogP contribution in [-0.4, -0.2) is 21.2 Å². The van der Waals surface area contributed by atoms with Gasteiger partial charge in [0.1, 0.15) is 5.82 Å². The Labute approximate surface area is 120 Å². The first-order chi connectivity index (χ1) is 9.15. The monoisotopic (exact) mass is 321 g/mol. The number of anilines is 1. The summed E-state index contributed by atoms with van der Waals surface area (Å²) in [5, 5.41) is 9.60. The van der Waals surface area contributed by atoms with Crippen LogP contribution in [-0.2, 0) is 13.1 Å². The lowest BCUT2D eigenvalue weighted by molar-refractivity contribution is 0.199. The second-order valence-corrected chi connectivity index (χ2v) is 5.70. The molecule has 100 valence electrons. The molecule has 2 heterocycles. The Morgan fingerprint density at radius 1 is 1.37 bits per heavy atom. The lowest BCUT2D eigenvalue weighted by Crippen LogP contribution is -2.33. The highest BCUT2D eigenvalue weighted by Crippen LogP contribution is 2.31. The van der Waals surface area contributed by atoms with Crippen LogP contribution in [0.1, 0.15) is 24.4 Å². The summed E-state index contributed by atoms with van der Waals surface area (Å²) in [4.78, 5) is 6.68. The predicted molar refractivity (Wildman–Crippen MR) is 78.1 cm³/mol. The third kappa shape index (κ3) is 2.40. The topological polar surface area (TPSA) is 41.3 Å². The molecule has 1 aromatic carbocycles. The third-order valence-electron chi connectivity index (χ3n) is 3.54. The van der Waals surface area contributed by atoms with E-state index in [0.717, 1.165) is 41.2 Å². The first-order valence-electron chi connectivity index (χ1n) is 6.37. The lowest BCUT2D eigenvalue weighted by atomic mass is 10.1. The van der Waals surface area contributed by atoms with Gasteiger partial charge < -0.3 is 14.6 Å². The van der Waals surface area contributed by atoms with Crippen molar-refractivity contribution >= 4 is 21.6 Å². The maximum absolute atomic E-state index is 9.60. The second-order valence-electron chi connectivity index (χ2n) is 4.85. The van der Waals surface area contributed by atoms with Gasteiger partial charge in [-0.1, -0.05) is 6.07 Å². The van der Waals surface area contributed by atoms with Crippen LogP contribution >= 0.6 is 15.9 Å². The standard InChI is InChI=1S/C14H16BrN3O/c1-10(19)11-2-3-13(12(15)8-11)18-7-6-17-5-4-16-14(17)9-18/h2-5,8,10,19H,6-7,9H2,1H3/t10-/m1/s1. The minimum atomic E-state index is -0.439. The van der Waals surface area contributed by atoms with Gasteiger partial charge in [-0.2, -0.15) is 0 Å². The first-order valence-corrected chi connectivity index (χ1v) is 7.17. The molecule has 1 N–H and O–H groups in total. The normalized spacial score (nSPS) is 16.3. The summed E-state index contributed by atoms with van der Waals surface area (Å²) in [6.07, 6.45) is 3.44. The summed E-state index contributed by atoms with van der Waals surface area (Å²) in [6.45, 7) is 4.52. The van der Waals surface area contributed by atoms with Gasteiger partial charge in [-0.15, -0.1) is 0 Å². The SMILES string of the molecule is C[C@@H](O)c1ccc(N2CCn3ccnc3C2)c(Br)c1. The Kier molecular flexibility index (Phi) is 3.33. The number of hydrogen-bond donors (Lipinski definition) is 1. The van der Waals surface area contributed by atoms with E-state index in [-0.39, 0.29) is 0 Å². The minimum absolute atomic E-state index is 0.439. The van der Waals surface area contributed by atoms with E-state index in [2.05, 4.69) is 36.4 Å². The molecule has 2 aromatic rings. The molecule has 1 aliphatic rings. The molecule has 0 bridgehead atoms. The lowest BCUT2D eigenvalue weighted by Gasteiger charge is -2.30. The van der Waals surface area contributed by atoms with Gasteiger partial charge in [-0.25, -0.2) is 4.98 Å². The van der Waals surface area contributed by atoms with Crippen molar-refractivity contribution in [3.05, 3.63) is 46.5 Å².